The van der Waals surface area contributed by atoms with Crippen molar-refractivity contribution in [2.75, 3.05) is 7.11 Å². The third-order valence-electron chi connectivity index (χ3n) is 3.08. The van der Waals surface area contributed by atoms with E-state index in [2.05, 4.69) is 5.16 Å². The molecule has 2 rings (SSSR count). The van der Waals surface area contributed by atoms with Gasteiger partial charge in [0.2, 0.25) is 0 Å². The highest BCUT2D eigenvalue weighted by Gasteiger charge is 2.15. The molecule has 1 aromatic heterocycles. The van der Waals surface area contributed by atoms with Crippen LogP contribution in [0.15, 0.2) is 16.7 Å². The maximum Gasteiger partial charge on any atom is 0.166 e. The van der Waals surface area contributed by atoms with E-state index >= 15 is 0 Å². The van der Waals surface area contributed by atoms with Crippen molar-refractivity contribution in [3.8, 4) is 11.5 Å². The molecule has 1 heterocycles. The second-order valence-corrected chi connectivity index (χ2v) is 4.83. The number of methoxy groups -OCH3 is 1. The third kappa shape index (κ3) is 2.89. The van der Waals surface area contributed by atoms with Crippen LogP contribution < -0.4 is 15.2 Å². The fourth-order valence-electron chi connectivity index (χ4n) is 1.94. The molecular weight excluding hydrogens is 280 g/mol. The first-order valence-corrected chi connectivity index (χ1v) is 6.55. The highest BCUT2D eigenvalue weighted by atomic mass is 35.5. The summed E-state index contributed by atoms with van der Waals surface area (Å²) in [5.74, 6) is 1.90. The Morgan fingerprint density at radius 1 is 1.35 bits per heavy atom. The van der Waals surface area contributed by atoms with Crippen molar-refractivity contribution < 1.29 is 14.0 Å². The lowest BCUT2D eigenvalue weighted by Gasteiger charge is -2.14. The van der Waals surface area contributed by atoms with E-state index in [4.69, 9.17) is 31.3 Å². The second-order valence-electron chi connectivity index (χ2n) is 4.39. The molecule has 0 aliphatic rings. The number of aryl methyl sites for hydroxylation is 2. The molecule has 0 amide bonds. The van der Waals surface area contributed by atoms with E-state index in [1.165, 1.54) is 0 Å². The third-order valence-corrected chi connectivity index (χ3v) is 3.30. The molecule has 0 saturated heterocycles. The molecule has 0 fully saturated rings. The van der Waals surface area contributed by atoms with Gasteiger partial charge in [-0.05, 0) is 19.9 Å². The van der Waals surface area contributed by atoms with E-state index in [0.29, 0.717) is 29.7 Å². The van der Waals surface area contributed by atoms with E-state index in [9.17, 15) is 0 Å². The van der Waals surface area contributed by atoms with Crippen LogP contribution in [0.3, 0.4) is 0 Å². The maximum absolute atomic E-state index is 6.01. The summed E-state index contributed by atoms with van der Waals surface area (Å²) in [7, 11) is 1.56. The Labute approximate surface area is 122 Å². The topological polar surface area (TPSA) is 70.5 Å². The number of nitrogens with two attached hydrogens (primary N) is 1. The molecule has 20 heavy (non-hydrogen) atoms. The Morgan fingerprint density at radius 2 is 2.10 bits per heavy atom. The minimum absolute atomic E-state index is 0.313. The second kappa shape index (κ2) is 6.15. The molecule has 0 atom stereocenters. The van der Waals surface area contributed by atoms with Gasteiger partial charge in [-0.15, -0.1) is 0 Å². The Bertz CT molecular complexity index is 566. The minimum Gasteiger partial charge on any atom is -0.493 e. The molecule has 108 valence electrons. The lowest BCUT2D eigenvalue weighted by atomic mass is 10.1. The summed E-state index contributed by atoms with van der Waals surface area (Å²) < 4.78 is 16.3. The molecule has 0 spiro atoms. The lowest BCUT2D eigenvalue weighted by Crippen LogP contribution is -2.05. The minimum atomic E-state index is 0.313. The zero-order valence-electron chi connectivity index (χ0n) is 11.7. The van der Waals surface area contributed by atoms with Gasteiger partial charge in [-0.3, -0.25) is 0 Å². The number of nitrogens with zero attached hydrogens (tertiary/aromatic N) is 1. The predicted octanol–water partition coefficient (Wildman–Crippen LogP) is 2.99. The van der Waals surface area contributed by atoms with Crippen LogP contribution in [0.1, 0.15) is 22.6 Å². The maximum atomic E-state index is 6.01. The predicted molar refractivity (Wildman–Crippen MR) is 76.2 cm³/mol. The van der Waals surface area contributed by atoms with E-state index in [-0.39, 0.29) is 0 Å². The summed E-state index contributed by atoms with van der Waals surface area (Å²) in [5.41, 5.74) is 8.25. The van der Waals surface area contributed by atoms with Gasteiger partial charge < -0.3 is 19.7 Å². The quantitative estimate of drug-likeness (QED) is 0.918. The van der Waals surface area contributed by atoms with E-state index in [1.807, 2.05) is 13.8 Å². The monoisotopic (exact) mass is 296 g/mol. The molecule has 0 bridgehead atoms. The average Bonchev–Trinajstić information content (AvgIpc) is 2.75. The van der Waals surface area contributed by atoms with Crippen LogP contribution in [0.25, 0.3) is 0 Å². The zero-order valence-corrected chi connectivity index (χ0v) is 12.5. The first kappa shape index (κ1) is 14.7. The van der Waals surface area contributed by atoms with E-state index < -0.39 is 0 Å². The zero-order chi connectivity index (χ0) is 14.7. The van der Waals surface area contributed by atoms with Crippen LogP contribution in [-0.4, -0.2) is 12.3 Å². The van der Waals surface area contributed by atoms with Crippen molar-refractivity contribution in [3.05, 3.63) is 39.7 Å². The molecule has 0 aliphatic heterocycles. The van der Waals surface area contributed by atoms with Gasteiger partial charge in [0.05, 0.1) is 18.4 Å². The lowest BCUT2D eigenvalue weighted by molar-refractivity contribution is 0.278. The van der Waals surface area contributed by atoms with E-state index in [1.54, 1.807) is 19.2 Å². The Hall–Kier alpha value is -1.72. The molecular formula is C14H17ClN2O3. The molecule has 0 radical (unpaired) electrons. The van der Waals surface area contributed by atoms with Gasteiger partial charge in [-0.2, -0.15) is 0 Å². The van der Waals surface area contributed by atoms with Gasteiger partial charge in [0.1, 0.15) is 12.4 Å². The number of aromatic nitrogens is 1. The standard InChI is InChI=1S/C14H17ClN2O3/c1-8-12(9(2)20-17-8)7-19-14-10(6-16)4-11(15)5-13(14)18-3/h4-5H,6-7,16H2,1-3H3. The number of ether oxygens (including phenoxy) is 2. The highest BCUT2D eigenvalue weighted by molar-refractivity contribution is 6.30. The number of halogens is 1. The summed E-state index contributed by atoms with van der Waals surface area (Å²) in [6.45, 7) is 4.37. The molecule has 5 nitrogen and oxygen atoms in total. The Balaban J connectivity index is 2.29. The number of hydrogen-bond donors (Lipinski definition) is 1. The molecule has 0 unspecified atom stereocenters. The highest BCUT2D eigenvalue weighted by Crippen LogP contribution is 2.35. The molecule has 0 aliphatic carbocycles. The summed E-state index contributed by atoms with van der Waals surface area (Å²) in [6.07, 6.45) is 0. The normalized spacial score (nSPS) is 10.7. The van der Waals surface area contributed by atoms with Crippen LogP contribution in [0.5, 0.6) is 11.5 Å². The summed E-state index contributed by atoms with van der Waals surface area (Å²) in [4.78, 5) is 0. The van der Waals surface area contributed by atoms with Gasteiger partial charge in [-0.25, -0.2) is 0 Å². The Kier molecular flexibility index (Phi) is 4.52. The van der Waals surface area contributed by atoms with Crippen molar-refractivity contribution in [1.29, 1.82) is 0 Å². The van der Waals surface area contributed by atoms with Crippen LogP contribution in [-0.2, 0) is 13.2 Å². The number of hydrogen-bond acceptors (Lipinski definition) is 5. The molecule has 0 saturated carbocycles. The SMILES string of the molecule is COc1cc(Cl)cc(CN)c1OCc1c(C)noc1C. The van der Waals surface area contributed by atoms with Crippen molar-refractivity contribution in [3.63, 3.8) is 0 Å². The molecule has 2 aromatic rings. The van der Waals surface area contributed by atoms with Gasteiger partial charge in [0.25, 0.3) is 0 Å². The van der Waals surface area contributed by atoms with Crippen molar-refractivity contribution in [2.45, 2.75) is 27.0 Å². The van der Waals surface area contributed by atoms with Crippen LogP contribution in [0.2, 0.25) is 5.02 Å². The van der Waals surface area contributed by atoms with Gasteiger partial charge >= 0.3 is 0 Å². The fourth-order valence-corrected chi connectivity index (χ4v) is 2.17. The first-order chi connectivity index (χ1) is 9.56. The van der Waals surface area contributed by atoms with Crippen molar-refractivity contribution >= 4 is 11.6 Å². The van der Waals surface area contributed by atoms with Gasteiger partial charge in [0.15, 0.2) is 11.5 Å². The first-order valence-electron chi connectivity index (χ1n) is 6.17. The van der Waals surface area contributed by atoms with Crippen LogP contribution in [0.4, 0.5) is 0 Å². The summed E-state index contributed by atoms with van der Waals surface area (Å²) >= 11 is 6.01. The van der Waals surface area contributed by atoms with Crippen LogP contribution in [0, 0.1) is 13.8 Å². The smallest absolute Gasteiger partial charge is 0.166 e. The fraction of sp³-hybridized carbons (Fsp3) is 0.357. The van der Waals surface area contributed by atoms with Crippen molar-refractivity contribution in [1.82, 2.24) is 5.16 Å². The number of benzene rings is 1. The van der Waals surface area contributed by atoms with Gasteiger partial charge in [0, 0.05) is 23.2 Å². The van der Waals surface area contributed by atoms with E-state index in [0.717, 1.165) is 22.6 Å². The van der Waals surface area contributed by atoms with Crippen molar-refractivity contribution in [2.24, 2.45) is 5.73 Å². The van der Waals surface area contributed by atoms with Crippen LogP contribution >= 0.6 is 11.6 Å². The molecule has 6 heteroatoms. The Morgan fingerprint density at radius 3 is 2.65 bits per heavy atom. The molecule has 2 N–H and O–H groups in total. The number of rotatable bonds is 5. The summed E-state index contributed by atoms with van der Waals surface area (Å²) in [6, 6.07) is 3.47. The average molecular weight is 297 g/mol. The summed E-state index contributed by atoms with van der Waals surface area (Å²) in [5, 5.41) is 4.46. The molecule has 1 aromatic carbocycles. The largest absolute Gasteiger partial charge is 0.493 e. The van der Waals surface area contributed by atoms with Gasteiger partial charge in [-0.1, -0.05) is 16.8 Å².